The van der Waals surface area contributed by atoms with Gasteiger partial charge in [-0.1, -0.05) is 12.1 Å². The van der Waals surface area contributed by atoms with E-state index in [2.05, 4.69) is 19.0 Å². The summed E-state index contributed by atoms with van der Waals surface area (Å²) < 4.78 is 11.3. The van der Waals surface area contributed by atoms with Gasteiger partial charge in [-0.3, -0.25) is 0 Å². The van der Waals surface area contributed by atoms with Gasteiger partial charge in [0.2, 0.25) is 0 Å². The van der Waals surface area contributed by atoms with Gasteiger partial charge in [-0.25, -0.2) is 0 Å². The first-order valence-electron chi connectivity index (χ1n) is 6.69. The van der Waals surface area contributed by atoms with Crippen molar-refractivity contribution in [1.82, 2.24) is 0 Å². The molecule has 0 aromatic heterocycles. The van der Waals surface area contributed by atoms with Gasteiger partial charge in [0.1, 0.15) is 18.1 Å². The van der Waals surface area contributed by atoms with Crippen molar-refractivity contribution in [3.63, 3.8) is 0 Å². The van der Waals surface area contributed by atoms with Gasteiger partial charge in [0.05, 0.1) is 6.10 Å². The van der Waals surface area contributed by atoms with Gasteiger partial charge >= 0.3 is 0 Å². The number of ether oxygens (including phenoxy) is 2. The van der Waals surface area contributed by atoms with E-state index >= 15 is 0 Å². The second-order valence-corrected chi connectivity index (χ2v) is 4.40. The van der Waals surface area contributed by atoms with Crippen molar-refractivity contribution in [1.29, 1.82) is 0 Å². The van der Waals surface area contributed by atoms with Crippen LogP contribution in [0.25, 0.3) is 0 Å². The number of nitrogens with zero attached hydrogens (tertiary/aromatic N) is 1. The lowest BCUT2D eigenvalue weighted by molar-refractivity contribution is 0.0374. The molecule has 1 aromatic rings. The highest BCUT2D eigenvalue weighted by atomic mass is 16.6. The van der Waals surface area contributed by atoms with Crippen LogP contribution in [0.1, 0.15) is 34.1 Å². The first-order valence-corrected chi connectivity index (χ1v) is 6.69. The third kappa shape index (κ3) is 6.13. The molecule has 0 aliphatic rings. The fraction of sp³-hybridized carbons (Fsp3) is 0.533. The maximum absolute atomic E-state index is 5.70. The normalized spacial score (nSPS) is 14.1. The van der Waals surface area contributed by atoms with Gasteiger partial charge in [0.15, 0.2) is 6.10 Å². The summed E-state index contributed by atoms with van der Waals surface area (Å²) in [5.41, 5.74) is 0. The number of hydrogen-bond acceptors (Lipinski definition) is 4. The largest absolute Gasteiger partial charge is 0.491 e. The fourth-order valence-electron chi connectivity index (χ4n) is 1.34. The number of oxime groups is 1. The molecule has 0 heterocycles. The molecule has 0 aliphatic carbocycles. The highest BCUT2D eigenvalue weighted by Gasteiger charge is 2.04. The molecule has 0 bridgehead atoms. The standard InChI is InChI=1S/C15H23NO3/c1-5-12(3)18-15-9-7-14(8-10-15)17-11-13(4)19-16-6-2/h6-10,12-13H,5,11H2,1-4H3/b16-6-. The summed E-state index contributed by atoms with van der Waals surface area (Å²) >= 11 is 0. The zero-order valence-corrected chi connectivity index (χ0v) is 12.1. The molecule has 0 N–H and O–H groups in total. The van der Waals surface area contributed by atoms with Gasteiger partial charge in [0, 0.05) is 6.21 Å². The van der Waals surface area contributed by atoms with E-state index < -0.39 is 0 Å². The van der Waals surface area contributed by atoms with Crippen LogP contribution in [0.5, 0.6) is 11.5 Å². The second-order valence-electron chi connectivity index (χ2n) is 4.40. The summed E-state index contributed by atoms with van der Waals surface area (Å²) in [6.07, 6.45) is 2.75. The average Bonchev–Trinajstić information content (AvgIpc) is 2.44. The molecular formula is C15H23NO3. The van der Waals surface area contributed by atoms with Crippen molar-refractivity contribution in [2.75, 3.05) is 6.61 Å². The summed E-state index contributed by atoms with van der Waals surface area (Å²) in [5.74, 6) is 1.66. The highest BCUT2D eigenvalue weighted by Crippen LogP contribution is 2.19. The van der Waals surface area contributed by atoms with E-state index in [1.807, 2.05) is 38.1 Å². The Bertz CT molecular complexity index is 375. The summed E-state index contributed by atoms with van der Waals surface area (Å²) in [7, 11) is 0. The summed E-state index contributed by atoms with van der Waals surface area (Å²) in [6.45, 7) is 8.33. The minimum atomic E-state index is -0.0766. The zero-order chi connectivity index (χ0) is 14.1. The fourth-order valence-corrected chi connectivity index (χ4v) is 1.34. The summed E-state index contributed by atoms with van der Waals surface area (Å²) in [6, 6.07) is 7.62. The van der Waals surface area contributed by atoms with Crippen LogP contribution >= 0.6 is 0 Å². The topological polar surface area (TPSA) is 40.0 Å². The van der Waals surface area contributed by atoms with Gasteiger partial charge in [-0.2, -0.15) is 0 Å². The third-order valence-corrected chi connectivity index (χ3v) is 2.57. The molecule has 4 heteroatoms. The number of rotatable bonds is 8. The monoisotopic (exact) mass is 265 g/mol. The Balaban J connectivity index is 2.39. The number of hydrogen-bond donors (Lipinski definition) is 0. The Morgan fingerprint density at radius 2 is 1.74 bits per heavy atom. The quantitative estimate of drug-likeness (QED) is 0.532. The van der Waals surface area contributed by atoms with Crippen molar-refractivity contribution in [2.24, 2.45) is 5.16 Å². The van der Waals surface area contributed by atoms with Crippen molar-refractivity contribution in [2.45, 2.75) is 46.3 Å². The predicted octanol–water partition coefficient (Wildman–Crippen LogP) is 3.65. The SMILES string of the molecule is C/C=N\OC(C)COc1ccc(OC(C)CC)cc1. The molecule has 19 heavy (non-hydrogen) atoms. The Morgan fingerprint density at radius 3 is 2.32 bits per heavy atom. The molecular weight excluding hydrogens is 242 g/mol. The molecule has 0 saturated carbocycles. The van der Waals surface area contributed by atoms with Crippen LogP contribution in [0.3, 0.4) is 0 Å². The van der Waals surface area contributed by atoms with E-state index in [0.29, 0.717) is 6.61 Å². The van der Waals surface area contributed by atoms with Crippen molar-refractivity contribution in [3.8, 4) is 11.5 Å². The smallest absolute Gasteiger partial charge is 0.158 e. The molecule has 4 nitrogen and oxygen atoms in total. The Hall–Kier alpha value is -1.71. The van der Waals surface area contributed by atoms with Gasteiger partial charge in [-0.15, -0.1) is 0 Å². The minimum Gasteiger partial charge on any atom is -0.491 e. The summed E-state index contributed by atoms with van der Waals surface area (Å²) in [5, 5.41) is 3.72. The van der Waals surface area contributed by atoms with E-state index in [9.17, 15) is 0 Å². The third-order valence-electron chi connectivity index (χ3n) is 2.57. The van der Waals surface area contributed by atoms with Crippen molar-refractivity contribution >= 4 is 6.21 Å². The molecule has 0 fully saturated rings. The summed E-state index contributed by atoms with van der Waals surface area (Å²) in [4.78, 5) is 5.12. The minimum absolute atomic E-state index is 0.0766. The van der Waals surface area contributed by atoms with Crippen LogP contribution in [0.4, 0.5) is 0 Å². The number of benzene rings is 1. The van der Waals surface area contributed by atoms with Gasteiger partial charge < -0.3 is 14.3 Å². The molecule has 1 rings (SSSR count). The van der Waals surface area contributed by atoms with E-state index in [1.54, 1.807) is 6.21 Å². The van der Waals surface area contributed by atoms with E-state index in [-0.39, 0.29) is 12.2 Å². The van der Waals surface area contributed by atoms with Crippen LogP contribution in [-0.4, -0.2) is 25.0 Å². The van der Waals surface area contributed by atoms with Crippen molar-refractivity contribution in [3.05, 3.63) is 24.3 Å². The van der Waals surface area contributed by atoms with E-state index in [0.717, 1.165) is 17.9 Å². The Kier molecular flexibility index (Phi) is 6.79. The Labute approximate surface area is 115 Å². The molecule has 0 saturated heterocycles. The second kappa shape index (κ2) is 8.40. The molecule has 2 unspecified atom stereocenters. The Morgan fingerprint density at radius 1 is 1.11 bits per heavy atom. The first kappa shape index (κ1) is 15.3. The van der Waals surface area contributed by atoms with E-state index in [4.69, 9.17) is 14.3 Å². The average molecular weight is 265 g/mol. The zero-order valence-electron chi connectivity index (χ0n) is 12.1. The van der Waals surface area contributed by atoms with Crippen molar-refractivity contribution < 1.29 is 14.3 Å². The van der Waals surface area contributed by atoms with Crippen LogP contribution in [0.2, 0.25) is 0 Å². The maximum atomic E-state index is 5.70. The van der Waals surface area contributed by atoms with Crippen LogP contribution < -0.4 is 9.47 Å². The molecule has 106 valence electrons. The van der Waals surface area contributed by atoms with Crippen LogP contribution in [-0.2, 0) is 4.84 Å². The maximum Gasteiger partial charge on any atom is 0.158 e. The molecule has 0 amide bonds. The lowest BCUT2D eigenvalue weighted by Gasteiger charge is -2.14. The molecule has 2 atom stereocenters. The van der Waals surface area contributed by atoms with Crippen LogP contribution in [0, 0.1) is 0 Å². The van der Waals surface area contributed by atoms with E-state index in [1.165, 1.54) is 0 Å². The van der Waals surface area contributed by atoms with Crippen LogP contribution in [0.15, 0.2) is 29.4 Å². The molecule has 1 aromatic carbocycles. The van der Waals surface area contributed by atoms with Gasteiger partial charge in [0.25, 0.3) is 0 Å². The first-order chi connectivity index (χ1) is 9.15. The van der Waals surface area contributed by atoms with Gasteiger partial charge in [-0.05, 0) is 51.5 Å². The molecule has 0 aliphatic heterocycles. The lowest BCUT2D eigenvalue weighted by atomic mass is 10.3. The highest BCUT2D eigenvalue weighted by molar-refractivity contribution is 5.52. The molecule has 0 radical (unpaired) electrons. The lowest BCUT2D eigenvalue weighted by Crippen LogP contribution is -2.15. The predicted molar refractivity (Wildman–Crippen MR) is 77.0 cm³/mol. The molecule has 0 spiro atoms.